The number of esters is 1. The summed E-state index contributed by atoms with van der Waals surface area (Å²) < 4.78 is 32.5. The molecule has 0 saturated carbocycles. The molecule has 0 bridgehead atoms. The molecule has 0 aromatic heterocycles. The standard InChI is InChI=1S/C11H11ClF2O3/c1-16-10(15)5-3-7-2-4-8(6-9(7)12)17-11(13)14/h2,4,6,11H,3,5H2,1H3. The van der Waals surface area contributed by atoms with Gasteiger partial charge >= 0.3 is 12.6 Å². The Hall–Kier alpha value is -1.36. The van der Waals surface area contributed by atoms with Crippen molar-refractivity contribution < 1.29 is 23.0 Å². The Morgan fingerprint density at radius 3 is 2.71 bits per heavy atom. The van der Waals surface area contributed by atoms with Crippen LogP contribution in [-0.4, -0.2) is 19.7 Å². The van der Waals surface area contributed by atoms with E-state index in [1.807, 2.05) is 0 Å². The third kappa shape index (κ3) is 4.56. The molecule has 0 aliphatic carbocycles. The molecule has 3 nitrogen and oxygen atoms in total. The van der Waals surface area contributed by atoms with Gasteiger partial charge in [-0.1, -0.05) is 17.7 Å². The molecule has 94 valence electrons. The Kier molecular flexibility index (Phi) is 5.15. The van der Waals surface area contributed by atoms with Gasteiger partial charge in [0.2, 0.25) is 0 Å². The van der Waals surface area contributed by atoms with Crippen molar-refractivity contribution in [3.63, 3.8) is 0 Å². The number of hydrogen-bond donors (Lipinski definition) is 0. The minimum absolute atomic E-state index is 0.00758. The first-order valence-corrected chi connectivity index (χ1v) is 5.20. The van der Waals surface area contributed by atoms with E-state index in [1.165, 1.54) is 19.2 Å². The maximum absolute atomic E-state index is 11.9. The van der Waals surface area contributed by atoms with Crippen molar-refractivity contribution in [2.75, 3.05) is 7.11 Å². The molecule has 0 aliphatic rings. The van der Waals surface area contributed by atoms with Crippen LogP contribution in [0.4, 0.5) is 8.78 Å². The van der Waals surface area contributed by atoms with Crippen LogP contribution in [0.2, 0.25) is 5.02 Å². The Morgan fingerprint density at radius 2 is 2.18 bits per heavy atom. The van der Waals surface area contributed by atoms with E-state index in [-0.39, 0.29) is 23.2 Å². The van der Waals surface area contributed by atoms with E-state index in [9.17, 15) is 13.6 Å². The van der Waals surface area contributed by atoms with Gasteiger partial charge in [0.15, 0.2) is 0 Å². The van der Waals surface area contributed by atoms with E-state index in [4.69, 9.17) is 11.6 Å². The van der Waals surface area contributed by atoms with Gasteiger partial charge in [0, 0.05) is 11.4 Å². The zero-order valence-electron chi connectivity index (χ0n) is 9.08. The maximum atomic E-state index is 11.9. The van der Waals surface area contributed by atoms with Crippen LogP contribution in [-0.2, 0) is 16.0 Å². The van der Waals surface area contributed by atoms with Crippen LogP contribution >= 0.6 is 11.6 Å². The first kappa shape index (κ1) is 13.7. The maximum Gasteiger partial charge on any atom is 0.387 e. The minimum Gasteiger partial charge on any atom is -0.469 e. The van der Waals surface area contributed by atoms with Gasteiger partial charge in [-0.2, -0.15) is 8.78 Å². The Bertz CT molecular complexity index is 396. The molecule has 6 heteroatoms. The molecule has 0 N–H and O–H groups in total. The fraction of sp³-hybridized carbons (Fsp3) is 0.364. The molecule has 0 unspecified atom stereocenters. The average Bonchev–Trinajstić information content (AvgIpc) is 2.26. The summed E-state index contributed by atoms with van der Waals surface area (Å²) in [6.45, 7) is -2.88. The van der Waals surface area contributed by atoms with Gasteiger partial charge in [-0.05, 0) is 24.1 Å². The molecule has 0 saturated heterocycles. The second kappa shape index (κ2) is 6.39. The summed E-state index contributed by atoms with van der Waals surface area (Å²) in [5.74, 6) is -0.360. The third-order valence-corrected chi connectivity index (χ3v) is 2.43. The van der Waals surface area contributed by atoms with Crippen molar-refractivity contribution in [2.24, 2.45) is 0 Å². The van der Waals surface area contributed by atoms with E-state index < -0.39 is 6.61 Å². The number of benzene rings is 1. The van der Waals surface area contributed by atoms with Gasteiger partial charge in [-0.25, -0.2) is 0 Å². The van der Waals surface area contributed by atoms with Crippen molar-refractivity contribution in [3.05, 3.63) is 28.8 Å². The number of ether oxygens (including phenoxy) is 2. The molecule has 0 atom stereocenters. The quantitative estimate of drug-likeness (QED) is 0.767. The average molecular weight is 265 g/mol. The second-order valence-electron chi connectivity index (χ2n) is 3.21. The van der Waals surface area contributed by atoms with Crippen LogP contribution in [0, 0.1) is 0 Å². The fourth-order valence-electron chi connectivity index (χ4n) is 1.25. The van der Waals surface area contributed by atoms with Crippen molar-refractivity contribution in [3.8, 4) is 5.75 Å². The molecule has 1 rings (SSSR count). The summed E-state index contributed by atoms with van der Waals surface area (Å²) in [6.07, 6.45) is 0.575. The second-order valence-corrected chi connectivity index (χ2v) is 3.62. The van der Waals surface area contributed by atoms with Crippen LogP contribution in [0.15, 0.2) is 18.2 Å². The zero-order chi connectivity index (χ0) is 12.8. The number of rotatable bonds is 5. The Morgan fingerprint density at radius 1 is 1.47 bits per heavy atom. The highest BCUT2D eigenvalue weighted by Crippen LogP contribution is 2.24. The van der Waals surface area contributed by atoms with Crippen molar-refractivity contribution in [2.45, 2.75) is 19.5 Å². The largest absolute Gasteiger partial charge is 0.469 e. The lowest BCUT2D eigenvalue weighted by atomic mass is 10.1. The number of aryl methyl sites for hydroxylation is 1. The number of methoxy groups -OCH3 is 1. The summed E-state index contributed by atoms with van der Waals surface area (Å²) in [5, 5.41) is 0.284. The number of carbonyl (C=O) groups is 1. The molecule has 0 spiro atoms. The SMILES string of the molecule is COC(=O)CCc1ccc(OC(F)F)cc1Cl. The fourth-order valence-corrected chi connectivity index (χ4v) is 1.51. The first-order chi connectivity index (χ1) is 8.02. The molecular weight excluding hydrogens is 254 g/mol. The molecule has 0 heterocycles. The molecule has 0 aliphatic heterocycles. The van der Waals surface area contributed by atoms with Crippen molar-refractivity contribution in [1.29, 1.82) is 0 Å². The van der Waals surface area contributed by atoms with E-state index in [0.29, 0.717) is 12.0 Å². The van der Waals surface area contributed by atoms with Gasteiger partial charge in [-0.3, -0.25) is 4.79 Å². The number of hydrogen-bond acceptors (Lipinski definition) is 3. The van der Waals surface area contributed by atoms with Gasteiger partial charge < -0.3 is 9.47 Å². The van der Waals surface area contributed by atoms with Gasteiger partial charge in [0.25, 0.3) is 0 Å². The molecule has 1 aromatic carbocycles. The van der Waals surface area contributed by atoms with Crippen molar-refractivity contribution >= 4 is 17.6 Å². The summed E-state index contributed by atoms with van der Waals surface area (Å²) in [7, 11) is 1.30. The summed E-state index contributed by atoms with van der Waals surface area (Å²) in [6, 6.07) is 4.22. The minimum atomic E-state index is -2.88. The number of carbonyl (C=O) groups excluding carboxylic acids is 1. The van der Waals surface area contributed by atoms with E-state index in [0.717, 1.165) is 0 Å². The van der Waals surface area contributed by atoms with Crippen LogP contribution in [0.25, 0.3) is 0 Å². The third-order valence-electron chi connectivity index (χ3n) is 2.08. The van der Waals surface area contributed by atoms with Crippen LogP contribution < -0.4 is 4.74 Å². The van der Waals surface area contributed by atoms with E-state index in [2.05, 4.69) is 9.47 Å². The molecular formula is C11H11ClF2O3. The summed E-state index contributed by atoms with van der Waals surface area (Å²) >= 11 is 5.86. The molecule has 17 heavy (non-hydrogen) atoms. The Balaban J connectivity index is 2.66. The van der Waals surface area contributed by atoms with Gasteiger partial charge in [0.1, 0.15) is 5.75 Å². The number of halogens is 3. The van der Waals surface area contributed by atoms with Crippen LogP contribution in [0.1, 0.15) is 12.0 Å². The lowest BCUT2D eigenvalue weighted by Crippen LogP contribution is -2.04. The Labute approximate surface area is 102 Å². The molecule has 0 radical (unpaired) electrons. The lowest BCUT2D eigenvalue weighted by molar-refractivity contribution is -0.140. The monoisotopic (exact) mass is 264 g/mol. The predicted octanol–water partition coefficient (Wildman–Crippen LogP) is 3.05. The lowest BCUT2D eigenvalue weighted by Gasteiger charge is -2.07. The van der Waals surface area contributed by atoms with E-state index >= 15 is 0 Å². The molecule has 1 aromatic rings. The topological polar surface area (TPSA) is 35.5 Å². The smallest absolute Gasteiger partial charge is 0.387 e. The summed E-state index contributed by atoms with van der Waals surface area (Å²) in [5.41, 5.74) is 0.679. The van der Waals surface area contributed by atoms with Gasteiger partial charge in [-0.15, -0.1) is 0 Å². The highest BCUT2D eigenvalue weighted by atomic mass is 35.5. The van der Waals surface area contributed by atoms with Crippen LogP contribution in [0.3, 0.4) is 0 Å². The molecule has 0 fully saturated rings. The first-order valence-electron chi connectivity index (χ1n) is 4.83. The zero-order valence-corrected chi connectivity index (χ0v) is 9.84. The number of alkyl halides is 2. The molecule has 0 amide bonds. The van der Waals surface area contributed by atoms with Crippen molar-refractivity contribution in [1.82, 2.24) is 0 Å². The van der Waals surface area contributed by atoms with Gasteiger partial charge in [0.05, 0.1) is 7.11 Å². The van der Waals surface area contributed by atoms with E-state index in [1.54, 1.807) is 6.07 Å². The highest BCUT2D eigenvalue weighted by Gasteiger charge is 2.09. The predicted molar refractivity (Wildman–Crippen MR) is 58.4 cm³/mol. The van der Waals surface area contributed by atoms with Crippen LogP contribution in [0.5, 0.6) is 5.75 Å². The summed E-state index contributed by atoms with van der Waals surface area (Å²) in [4.78, 5) is 10.9. The highest BCUT2D eigenvalue weighted by molar-refractivity contribution is 6.31. The normalized spacial score (nSPS) is 10.4.